The van der Waals surface area contributed by atoms with E-state index >= 15 is 0 Å². The zero-order valence-electron chi connectivity index (χ0n) is 14.5. The summed E-state index contributed by atoms with van der Waals surface area (Å²) >= 11 is 5.80. The number of likely N-dealkylation sites (tertiary alicyclic amines) is 1. The highest BCUT2D eigenvalue weighted by molar-refractivity contribution is 6.30. The molecule has 2 aromatic rings. The lowest BCUT2D eigenvalue weighted by Crippen LogP contribution is -2.40. The fraction of sp³-hybridized carbons (Fsp3) is 0.300. The fourth-order valence-electron chi connectivity index (χ4n) is 3.33. The summed E-state index contributed by atoms with van der Waals surface area (Å²) in [7, 11) is 0. The van der Waals surface area contributed by atoms with E-state index in [1.807, 2.05) is 30.3 Å². The summed E-state index contributed by atoms with van der Waals surface area (Å²) in [4.78, 5) is 25.1. The number of amides is 1. The van der Waals surface area contributed by atoms with Crippen molar-refractivity contribution >= 4 is 23.7 Å². The molecular formula is C20H19ClFNO4. The number of rotatable bonds is 5. The summed E-state index contributed by atoms with van der Waals surface area (Å²) in [5.41, 5.74) is 1.64. The van der Waals surface area contributed by atoms with Crippen LogP contribution in [0.1, 0.15) is 17.5 Å². The zero-order valence-corrected chi connectivity index (χ0v) is 15.2. The zero-order chi connectivity index (χ0) is 19.4. The van der Waals surface area contributed by atoms with Gasteiger partial charge < -0.3 is 9.84 Å². The molecule has 3 rings (SSSR count). The summed E-state index contributed by atoms with van der Waals surface area (Å²) in [5, 5.41) is 9.46. The molecule has 1 fully saturated rings. The van der Waals surface area contributed by atoms with Crippen molar-refractivity contribution in [1.29, 1.82) is 0 Å². The number of hydrogen-bond acceptors (Lipinski definition) is 3. The van der Waals surface area contributed by atoms with Gasteiger partial charge in [0.05, 0.1) is 5.02 Å². The van der Waals surface area contributed by atoms with Crippen molar-refractivity contribution in [3.8, 4) is 0 Å². The minimum atomic E-state index is -1.16. The van der Waals surface area contributed by atoms with Crippen LogP contribution in [0.25, 0.3) is 0 Å². The first-order chi connectivity index (χ1) is 12.9. The van der Waals surface area contributed by atoms with Crippen molar-refractivity contribution in [2.24, 2.45) is 5.92 Å². The fourth-order valence-corrected chi connectivity index (χ4v) is 3.53. The molecule has 5 nitrogen and oxygen atoms in total. The normalized spacial score (nSPS) is 19.1. The standard InChI is InChI=1S/C20H19ClFNO4/c21-16-9-14(6-7-17(16)22)8-15-10-18(23(11-15)20(25)26)19(24)27-12-13-4-2-1-3-5-13/h1-7,9,15,18H,8,10-12H2,(H,25,26)/t15-,18+/m0/s1. The van der Waals surface area contributed by atoms with Crippen LogP contribution < -0.4 is 0 Å². The molecule has 0 aliphatic carbocycles. The maximum Gasteiger partial charge on any atom is 0.408 e. The summed E-state index contributed by atoms with van der Waals surface area (Å²) in [6, 6.07) is 12.8. The number of benzene rings is 2. The second kappa shape index (κ2) is 8.39. The molecule has 1 aliphatic rings. The molecule has 2 atom stereocenters. The molecular weight excluding hydrogens is 373 g/mol. The van der Waals surface area contributed by atoms with Gasteiger partial charge >= 0.3 is 12.1 Å². The topological polar surface area (TPSA) is 66.8 Å². The molecule has 7 heteroatoms. The molecule has 0 saturated carbocycles. The quantitative estimate of drug-likeness (QED) is 0.778. The van der Waals surface area contributed by atoms with E-state index < -0.39 is 23.9 Å². The van der Waals surface area contributed by atoms with E-state index in [1.54, 1.807) is 6.07 Å². The van der Waals surface area contributed by atoms with Crippen molar-refractivity contribution in [2.45, 2.75) is 25.5 Å². The molecule has 1 heterocycles. The minimum absolute atomic E-state index is 0.0272. The summed E-state index contributed by atoms with van der Waals surface area (Å²) in [6.45, 7) is 0.317. The Morgan fingerprint density at radius 2 is 1.93 bits per heavy atom. The Kier molecular flexibility index (Phi) is 5.96. The van der Waals surface area contributed by atoms with E-state index in [1.165, 1.54) is 12.1 Å². The lowest BCUT2D eigenvalue weighted by molar-refractivity contribution is -0.149. The van der Waals surface area contributed by atoms with Gasteiger partial charge in [-0.1, -0.05) is 48.0 Å². The first-order valence-electron chi connectivity index (χ1n) is 8.58. The summed E-state index contributed by atoms with van der Waals surface area (Å²) < 4.78 is 18.6. The highest BCUT2D eigenvalue weighted by Gasteiger charge is 2.40. The van der Waals surface area contributed by atoms with Crippen molar-refractivity contribution in [3.05, 3.63) is 70.5 Å². The number of halogens is 2. The Morgan fingerprint density at radius 1 is 1.19 bits per heavy atom. The third-order valence-corrected chi connectivity index (χ3v) is 4.93. The number of ether oxygens (including phenoxy) is 1. The van der Waals surface area contributed by atoms with E-state index in [-0.39, 0.29) is 24.1 Å². The van der Waals surface area contributed by atoms with Crippen molar-refractivity contribution in [2.75, 3.05) is 6.54 Å². The van der Waals surface area contributed by atoms with Gasteiger partial charge in [-0.3, -0.25) is 4.90 Å². The van der Waals surface area contributed by atoms with Crippen LogP contribution in [0.15, 0.2) is 48.5 Å². The Morgan fingerprint density at radius 3 is 2.59 bits per heavy atom. The SMILES string of the molecule is O=C(OCc1ccccc1)[C@H]1C[C@H](Cc2ccc(F)c(Cl)c2)CN1C(=O)O. The van der Waals surface area contributed by atoms with E-state index in [2.05, 4.69) is 0 Å². The first-order valence-corrected chi connectivity index (χ1v) is 8.96. The Balaban J connectivity index is 1.64. The third kappa shape index (κ3) is 4.77. The van der Waals surface area contributed by atoms with Crippen LogP contribution >= 0.6 is 11.6 Å². The molecule has 1 N–H and O–H groups in total. The van der Waals surface area contributed by atoms with Gasteiger partial charge in [0.1, 0.15) is 18.5 Å². The van der Waals surface area contributed by atoms with E-state index in [0.29, 0.717) is 12.8 Å². The average Bonchev–Trinajstić information content (AvgIpc) is 3.08. The van der Waals surface area contributed by atoms with Crippen LogP contribution in [0.5, 0.6) is 0 Å². The predicted molar refractivity (Wildman–Crippen MR) is 98.0 cm³/mol. The van der Waals surface area contributed by atoms with Gasteiger partial charge in [0.15, 0.2) is 0 Å². The molecule has 1 amide bonds. The number of nitrogens with zero attached hydrogens (tertiary/aromatic N) is 1. The number of esters is 1. The Labute approximate surface area is 161 Å². The van der Waals surface area contributed by atoms with E-state index in [0.717, 1.165) is 16.0 Å². The third-order valence-electron chi connectivity index (χ3n) is 4.64. The maximum absolute atomic E-state index is 13.3. The van der Waals surface area contributed by atoms with Crippen molar-refractivity contribution in [1.82, 2.24) is 4.90 Å². The number of carbonyl (C=O) groups excluding carboxylic acids is 1. The second-order valence-electron chi connectivity index (χ2n) is 6.60. The van der Waals surface area contributed by atoms with Crippen LogP contribution in [0.3, 0.4) is 0 Å². The molecule has 27 heavy (non-hydrogen) atoms. The number of carboxylic acid groups (broad SMARTS) is 1. The lowest BCUT2D eigenvalue weighted by atomic mass is 9.97. The molecule has 1 aliphatic heterocycles. The second-order valence-corrected chi connectivity index (χ2v) is 7.01. The molecule has 0 unspecified atom stereocenters. The van der Waals surface area contributed by atoms with Gasteiger partial charge in [-0.15, -0.1) is 0 Å². The molecule has 0 radical (unpaired) electrons. The largest absolute Gasteiger partial charge is 0.465 e. The Bertz CT molecular complexity index is 830. The van der Waals surface area contributed by atoms with Crippen LogP contribution in [0.4, 0.5) is 9.18 Å². The molecule has 1 saturated heterocycles. The number of carbonyl (C=O) groups is 2. The highest BCUT2D eigenvalue weighted by atomic mass is 35.5. The summed E-state index contributed by atoms with van der Waals surface area (Å²) in [5.74, 6) is -1.13. The molecule has 0 aromatic heterocycles. The highest BCUT2D eigenvalue weighted by Crippen LogP contribution is 2.28. The van der Waals surface area contributed by atoms with E-state index in [4.69, 9.17) is 16.3 Å². The lowest BCUT2D eigenvalue weighted by Gasteiger charge is -2.19. The van der Waals surface area contributed by atoms with E-state index in [9.17, 15) is 19.1 Å². The van der Waals surface area contributed by atoms with Crippen LogP contribution in [-0.2, 0) is 22.6 Å². The van der Waals surface area contributed by atoms with Gasteiger partial charge in [0.2, 0.25) is 0 Å². The van der Waals surface area contributed by atoms with Crippen molar-refractivity contribution < 1.29 is 23.8 Å². The van der Waals surface area contributed by atoms with Gasteiger partial charge in [-0.05, 0) is 42.0 Å². The molecule has 0 spiro atoms. The monoisotopic (exact) mass is 391 g/mol. The molecule has 142 valence electrons. The first kappa shape index (κ1) is 19.2. The van der Waals surface area contributed by atoms with Gasteiger partial charge in [0, 0.05) is 6.54 Å². The van der Waals surface area contributed by atoms with Crippen molar-refractivity contribution in [3.63, 3.8) is 0 Å². The average molecular weight is 392 g/mol. The van der Waals surface area contributed by atoms with Crippen LogP contribution in [0.2, 0.25) is 5.02 Å². The molecule has 2 aromatic carbocycles. The summed E-state index contributed by atoms with van der Waals surface area (Å²) in [6.07, 6.45) is -0.294. The molecule has 0 bridgehead atoms. The van der Waals surface area contributed by atoms with Gasteiger partial charge in [-0.25, -0.2) is 14.0 Å². The minimum Gasteiger partial charge on any atom is -0.465 e. The number of hydrogen-bond donors (Lipinski definition) is 1. The van der Waals surface area contributed by atoms with Gasteiger partial charge in [0.25, 0.3) is 0 Å². The maximum atomic E-state index is 13.3. The predicted octanol–water partition coefficient (Wildman–Crippen LogP) is 4.13. The van der Waals surface area contributed by atoms with Crippen LogP contribution in [-0.4, -0.2) is 34.7 Å². The van der Waals surface area contributed by atoms with Crippen LogP contribution in [0, 0.1) is 11.7 Å². The Hall–Kier alpha value is -2.60. The van der Waals surface area contributed by atoms with Gasteiger partial charge in [-0.2, -0.15) is 0 Å². The smallest absolute Gasteiger partial charge is 0.408 e.